The topological polar surface area (TPSA) is 74.2 Å². The van der Waals surface area contributed by atoms with Crippen LogP contribution in [0.25, 0.3) is 0 Å². The van der Waals surface area contributed by atoms with Gasteiger partial charge in [0.2, 0.25) is 0 Å². The van der Waals surface area contributed by atoms with E-state index in [-0.39, 0.29) is 29.5 Å². The standard InChI is InChI=1S/C18H19ClO6/c1-3-23-16-10-12(18(20)21)9-15(19)17(16)25-8-7-24-14-6-4-5-13(11-14)22-2/h4-6,9-11H,3,7-8H2,1-2H3,(H,20,21). The average Bonchev–Trinajstić information content (AvgIpc) is 2.60. The van der Waals surface area contributed by atoms with Crippen LogP contribution in [0.3, 0.4) is 0 Å². The Morgan fingerprint density at radius 1 is 1.08 bits per heavy atom. The van der Waals surface area contributed by atoms with Crippen LogP contribution in [0, 0.1) is 0 Å². The molecule has 0 aliphatic heterocycles. The Bertz CT molecular complexity index is 732. The van der Waals surface area contributed by atoms with Crippen LogP contribution < -0.4 is 18.9 Å². The maximum Gasteiger partial charge on any atom is 0.335 e. The molecular weight excluding hydrogens is 348 g/mol. The first-order valence-corrected chi connectivity index (χ1v) is 8.02. The summed E-state index contributed by atoms with van der Waals surface area (Å²) in [4.78, 5) is 11.1. The van der Waals surface area contributed by atoms with Crippen molar-refractivity contribution in [1.82, 2.24) is 0 Å². The summed E-state index contributed by atoms with van der Waals surface area (Å²) >= 11 is 6.12. The highest BCUT2D eigenvalue weighted by Crippen LogP contribution is 2.36. The second-order valence-corrected chi connectivity index (χ2v) is 5.31. The highest BCUT2D eigenvalue weighted by Gasteiger charge is 2.15. The Kier molecular flexibility index (Phi) is 6.77. The summed E-state index contributed by atoms with van der Waals surface area (Å²) in [7, 11) is 1.58. The van der Waals surface area contributed by atoms with E-state index in [1.807, 2.05) is 18.2 Å². The minimum atomic E-state index is -1.09. The van der Waals surface area contributed by atoms with E-state index in [1.54, 1.807) is 20.1 Å². The van der Waals surface area contributed by atoms with Gasteiger partial charge in [-0.1, -0.05) is 17.7 Å². The van der Waals surface area contributed by atoms with Crippen molar-refractivity contribution in [2.45, 2.75) is 6.92 Å². The number of halogens is 1. The highest BCUT2D eigenvalue weighted by atomic mass is 35.5. The summed E-state index contributed by atoms with van der Waals surface area (Å²) in [6, 6.07) is 9.93. The minimum absolute atomic E-state index is 0.0356. The first-order chi connectivity index (χ1) is 12.0. The molecule has 0 spiro atoms. The van der Waals surface area contributed by atoms with Crippen molar-refractivity contribution in [2.24, 2.45) is 0 Å². The van der Waals surface area contributed by atoms with Gasteiger partial charge in [0.1, 0.15) is 24.7 Å². The molecule has 7 heteroatoms. The van der Waals surface area contributed by atoms with Gasteiger partial charge < -0.3 is 24.1 Å². The molecule has 0 aliphatic rings. The average molecular weight is 367 g/mol. The first kappa shape index (κ1) is 18.7. The van der Waals surface area contributed by atoms with Crippen molar-refractivity contribution in [3.63, 3.8) is 0 Å². The number of hydrogen-bond acceptors (Lipinski definition) is 5. The van der Waals surface area contributed by atoms with Crippen LogP contribution in [-0.4, -0.2) is 38.0 Å². The van der Waals surface area contributed by atoms with Crippen molar-refractivity contribution < 1.29 is 28.8 Å². The van der Waals surface area contributed by atoms with Crippen molar-refractivity contribution >= 4 is 17.6 Å². The molecule has 134 valence electrons. The van der Waals surface area contributed by atoms with Crippen LogP contribution in [0.1, 0.15) is 17.3 Å². The molecule has 0 saturated heterocycles. The predicted molar refractivity (Wildman–Crippen MR) is 93.6 cm³/mol. The molecule has 0 aliphatic carbocycles. The van der Waals surface area contributed by atoms with Gasteiger partial charge in [0.25, 0.3) is 0 Å². The summed E-state index contributed by atoms with van der Waals surface area (Å²) in [5.41, 5.74) is 0.0356. The van der Waals surface area contributed by atoms with Crippen molar-refractivity contribution in [3.05, 3.63) is 47.0 Å². The van der Waals surface area contributed by atoms with Crippen LogP contribution in [-0.2, 0) is 0 Å². The van der Waals surface area contributed by atoms with E-state index in [9.17, 15) is 4.79 Å². The smallest absolute Gasteiger partial charge is 0.335 e. The molecule has 0 fully saturated rings. The van der Waals surface area contributed by atoms with Gasteiger partial charge in [0, 0.05) is 6.07 Å². The van der Waals surface area contributed by atoms with E-state index in [0.717, 1.165) is 0 Å². The summed E-state index contributed by atoms with van der Waals surface area (Å²) in [5, 5.41) is 9.26. The molecule has 2 aromatic carbocycles. The Hall–Kier alpha value is -2.60. The summed E-state index contributed by atoms with van der Waals surface area (Å²) in [6.07, 6.45) is 0. The largest absolute Gasteiger partial charge is 0.497 e. The second-order valence-electron chi connectivity index (χ2n) is 4.90. The summed E-state index contributed by atoms with van der Waals surface area (Å²) in [6.45, 7) is 2.63. The van der Waals surface area contributed by atoms with Gasteiger partial charge in [-0.3, -0.25) is 0 Å². The third-order valence-electron chi connectivity index (χ3n) is 3.20. The van der Waals surface area contributed by atoms with E-state index in [0.29, 0.717) is 23.9 Å². The van der Waals surface area contributed by atoms with E-state index >= 15 is 0 Å². The maximum absolute atomic E-state index is 11.1. The van der Waals surface area contributed by atoms with Crippen molar-refractivity contribution in [1.29, 1.82) is 0 Å². The number of carbonyl (C=O) groups is 1. The molecule has 0 saturated carbocycles. The second kappa shape index (κ2) is 9.03. The van der Waals surface area contributed by atoms with Crippen LogP contribution in [0.4, 0.5) is 0 Å². The number of rotatable bonds is 9. The zero-order valence-electron chi connectivity index (χ0n) is 14.0. The zero-order chi connectivity index (χ0) is 18.2. The molecule has 6 nitrogen and oxygen atoms in total. The molecule has 2 aromatic rings. The summed E-state index contributed by atoms with van der Waals surface area (Å²) < 4.78 is 21.8. The van der Waals surface area contributed by atoms with E-state index < -0.39 is 5.97 Å². The Morgan fingerprint density at radius 3 is 2.48 bits per heavy atom. The van der Waals surface area contributed by atoms with Gasteiger partial charge >= 0.3 is 5.97 Å². The Morgan fingerprint density at radius 2 is 1.80 bits per heavy atom. The number of ether oxygens (including phenoxy) is 4. The van der Waals surface area contributed by atoms with Gasteiger partial charge in [0.05, 0.1) is 24.3 Å². The monoisotopic (exact) mass is 366 g/mol. The van der Waals surface area contributed by atoms with Crippen LogP contribution in [0.2, 0.25) is 5.02 Å². The lowest BCUT2D eigenvalue weighted by Crippen LogP contribution is -2.11. The normalized spacial score (nSPS) is 10.2. The van der Waals surface area contributed by atoms with Gasteiger partial charge in [-0.2, -0.15) is 0 Å². The fourth-order valence-electron chi connectivity index (χ4n) is 2.09. The Balaban J connectivity index is 2.00. The number of carboxylic acids is 1. The molecule has 0 atom stereocenters. The number of methoxy groups -OCH3 is 1. The molecule has 25 heavy (non-hydrogen) atoms. The molecule has 1 N–H and O–H groups in total. The number of carboxylic acid groups (broad SMARTS) is 1. The van der Waals surface area contributed by atoms with E-state index in [2.05, 4.69) is 0 Å². The molecular formula is C18H19ClO6. The quantitative estimate of drug-likeness (QED) is 0.678. The predicted octanol–water partition coefficient (Wildman–Crippen LogP) is 3.90. The van der Waals surface area contributed by atoms with Crippen molar-refractivity contribution in [3.8, 4) is 23.0 Å². The lowest BCUT2D eigenvalue weighted by Gasteiger charge is -2.15. The number of aromatic carboxylic acids is 1. The maximum atomic E-state index is 11.1. The highest BCUT2D eigenvalue weighted by molar-refractivity contribution is 6.32. The number of hydrogen-bond donors (Lipinski definition) is 1. The third-order valence-corrected chi connectivity index (χ3v) is 3.48. The van der Waals surface area contributed by atoms with Gasteiger partial charge in [-0.25, -0.2) is 4.79 Å². The van der Waals surface area contributed by atoms with Gasteiger partial charge in [-0.05, 0) is 31.2 Å². The van der Waals surface area contributed by atoms with E-state index in [1.165, 1.54) is 12.1 Å². The molecule has 2 rings (SSSR count). The van der Waals surface area contributed by atoms with Gasteiger partial charge in [-0.15, -0.1) is 0 Å². The summed E-state index contributed by atoms with van der Waals surface area (Å²) in [5.74, 6) is 0.844. The van der Waals surface area contributed by atoms with Crippen LogP contribution >= 0.6 is 11.6 Å². The van der Waals surface area contributed by atoms with Crippen LogP contribution in [0.5, 0.6) is 23.0 Å². The zero-order valence-corrected chi connectivity index (χ0v) is 14.7. The molecule has 0 unspecified atom stereocenters. The molecule has 0 heterocycles. The van der Waals surface area contributed by atoms with Crippen LogP contribution in [0.15, 0.2) is 36.4 Å². The third kappa shape index (κ3) is 5.19. The molecule has 0 radical (unpaired) electrons. The fraction of sp³-hybridized carbons (Fsp3) is 0.278. The lowest BCUT2D eigenvalue weighted by atomic mass is 10.2. The van der Waals surface area contributed by atoms with E-state index in [4.69, 9.17) is 35.7 Å². The van der Waals surface area contributed by atoms with Crippen molar-refractivity contribution in [2.75, 3.05) is 26.9 Å². The Labute approximate surface area is 150 Å². The first-order valence-electron chi connectivity index (χ1n) is 7.64. The number of benzene rings is 2. The molecule has 0 aromatic heterocycles. The fourth-order valence-corrected chi connectivity index (χ4v) is 2.35. The molecule has 0 bridgehead atoms. The van der Waals surface area contributed by atoms with Gasteiger partial charge in [0.15, 0.2) is 11.5 Å². The molecule has 0 amide bonds. The SMILES string of the molecule is CCOc1cc(C(=O)O)cc(Cl)c1OCCOc1cccc(OC)c1. The lowest BCUT2D eigenvalue weighted by molar-refractivity contribution is 0.0696. The minimum Gasteiger partial charge on any atom is -0.497 e.